The second kappa shape index (κ2) is 8.02. The molecule has 1 aliphatic heterocycles. The van der Waals surface area contributed by atoms with Gasteiger partial charge in [-0.2, -0.15) is 0 Å². The van der Waals surface area contributed by atoms with E-state index in [1.54, 1.807) is 30.5 Å². The smallest absolute Gasteiger partial charge is 0.297 e. The summed E-state index contributed by atoms with van der Waals surface area (Å²) in [6.45, 7) is 5.52. The minimum atomic E-state index is -2.81. The highest BCUT2D eigenvalue weighted by molar-refractivity contribution is 6.31. The molecule has 0 aliphatic carbocycles. The number of fused-ring (bicyclic) bond motifs is 1. The van der Waals surface area contributed by atoms with E-state index in [4.69, 9.17) is 11.6 Å². The van der Waals surface area contributed by atoms with Crippen LogP contribution in [-0.2, 0) is 6.54 Å². The third kappa shape index (κ3) is 4.35. The van der Waals surface area contributed by atoms with Crippen molar-refractivity contribution in [1.29, 1.82) is 0 Å². The van der Waals surface area contributed by atoms with Crippen molar-refractivity contribution in [2.75, 3.05) is 18.4 Å². The zero-order valence-corrected chi connectivity index (χ0v) is 17.4. The van der Waals surface area contributed by atoms with E-state index in [9.17, 15) is 13.9 Å². The van der Waals surface area contributed by atoms with Gasteiger partial charge in [-0.15, -0.1) is 0 Å². The molecule has 1 atom stereocenters. The molecule has 2 N–H and O–H groups in total. The topological polar surface area (TPSA) is 74.2 Å². The van der Waals surface area contributed by atoms with Crippen LogP contribution in [0.5, 0.6) is 0 Å². The minimum absolute atomic E-state index is 0.205. The van der Waals surface area contributed by atoms with Crippen molar-refractivity contribution in [1.82, 2.24) is 19.9 Å². The molecule has 0 radical (unpaired) electrons. The lowest BCUT2D eigenvalue weighted by atomic mass is 10.1. The van der Waals surface area contributed by atoms with Gasteiger partial charge in [0.15, 0.2) is 11.6 Å². The highest BCUT2D eigenvalue weighted by Gasteiger charge is 2.31. The van der Waals surface area contributed by atoms with E-state index < -0.39 is 17.9 Å². The molecule has 158 valence electrons. The molecule has 0 unspecified atom stereocenters. The number of aliphatic hydroxyl groups is 1. The number of halogens is 3. The SMILES string of the molecule is Cc1c(Cl)cccc1Nc1nc(C(F)F)nc2cc(CN3CC[C@@](C)(O)C3)cnc12. The monoisotopic (exact) mass is 433 g/mol. The first kappa shape index (κ1) is 20.8. The third-order valence-electron chi connectivity index (χ3n) is 5.26. The van der Waals surface area contributed by atoms with Gasteiger partial charge in [0.2, 0.25) is 0 Å². The molecule has 0 amide bonds. The molecular formula is C21H22ClF2N5O. The second-order valence-electron chi connectivity index (χ2n) is 7.94. The van der Waals surface area contributed by atoms with Gasteiger partial charge in [0, 0.05) is 36.5 Å². The molecule has 1 aromatic carbocycles. The lowest BCUT2D eigenvalue weighted by Crippen LogP contribution is -2.29. The molecule has 0 saturated carbocycles. The first-order valence-corrected chi connectivity index (χ1v) is 10.0. The van der Waals surface area contributed by atoms with Gasteiger partial charge in [0.05, 0.1) is 11.1 Å². The fourth-order valence-corrected chi connectivity index (χ4v) is 3.83. The van der Waals surface area contributed by atoms with Gasteiger partial charge >= 0.3 is 0 Å². The van der Waals surface area contributed by atoms with Crippen LogP contribution in [-0.4, -0.2) is 43.6 Å². The summed E-state index contributed by atoms with van der Waals surface area (Å²) < 4.78 is 26.9. The lowest BCUT2D eigenvalue weighted by Gasteiger charge is -2.19. The van der Waals surface area contributed by atoms with Gasteiger partial charge in [-0.05, 0) is 49.6 Å². The number of benzene rings is 1. The Labute approximate surface area is 177 Å². The van der Waals surface area contributed by atoms with Crippen molar-refractivity contribution in [2.45, 2.75) is 38.8 Å². The van der Waals surface area contributed by atoms with E-state index in [2.05, 4.69) is 25.2 Å². The maximum absolute atomic E-state index is 13.4. The normalized spacial score (nSPS) is 19.7. The summed E-state index contributed by atoms with van der Waals surface area (Å²) >= 11 is 6.17. The first-order chi connectivity index (χ1) is 14.2. The number of nitrogens with one attached hydrogen (secondary N) is 1. The molecule has 0 spiro atoms. The predicted molar refractivity (Wildman–Crippen MR) is 112 cm³/mol. The largest absolute Gasteiger partial charge is 0.389 e. The zero-order valence-electron chi connectivity index (χ0n) is 16.7. The van der Waals surface area contributed by atoms with E-state index in [1.165, 1.54) is 0 Å². The Hall–Kier alpha value is -2.42. The van der Waals surface area contributed by atoms with E-state index >= 15 is 0 Å². The summed E-state index contributed by atoms with van der Waals surface area (Å²) in [4.78, 5) is 14.6. The second-order valence-corrected chi connectivity index (χ2v) is 8.34. The lowest BCUT2D eigenvalue weighted by molar-refractivity contribution is 0.0679. The number of alkyl halides is 2. The highest BCUT2D eigenvalue weighted by atomic mass is 35.5. The molecule has 1 aliphatic rings. The van der Waals surface area contributed by atoms with Gasteiger partial charge < -0.3 is 10.4 Å². The van der Waals surface area contributed by atoms with Crippen LogP contribution in [0.2, 0.25) is 5.02 Å². The number of anilines is 2. The molecule has 0 bridgehead atoms. The van der Waals surface area contributed by atoms with Crippen molar-refractivity contribution in [3.8, 4) is 0 Å². The van der Waals surface area contributed by atoms with Crippen LogP contribution in [0, 0.1) is 6.92 Å². The van der Waals surface area contributed by atoms with E-state index in [0.717, 1.165) is 17.7 Å². The summed E-state index contributed by atoms with van der Waals surface area (Å²) in [6.07, 6.45) is -0.428. The van der Waals surface area contributed by atoms with E-state index in [-0.39, 0.29) is 5.82 Å². The molecule has 1 fully saturated rings. The summed E-state index contributed by atoms with van der Waals surface area (Å²) in [7, 11) is 0. The molecule has 6 nitrogen and oxygen atoms in total. The van der Waals surface area contributed by atoms with Gasteiger partial charge in [-0.25, -0.2) is 18.7 Å². The number of likely N-dealkylation sites (tertiary alicyclic amines) is 1. The van der Waals surface area contributed by atoms with Crippen LogP contribution in [0.25, 0.3) is 11.0 Å². The Balaban J connectivity index is 1.70. The number of hydrogen-bond acceptors (Lipinski definition) is 6. The van der Waals surface area contributed by atoms with Crippen LogP contribution in [0.4, 0.5) is 20.3 Å². The predicted octanol–water partition coefficient (Wildman–Crippen LogP) is 4.62. The van der Waals surface area contributed by atoms with Crippen LogP contribution < -0.4 is 5.32 Å². The highest BCUT2D eigenvalue weighted by Crippen LogP contribution is 2.30. The van der Waals surface area contributed by atoms with Gasteiger partial charge in [0.25, 0.3) is 6.43 Å². The number of pyridine rings is 1. The molecule has 2 aromatic heterocycles. The van der Waals surface area contributed by atoms with Gasteiger partial charge in [-0.1, -0.05) is 17.7 Å². The number of aromatic nitrogens is 3. The molecular weight excluding hydrogens is 412 g/mol. The first-order valence-electron chi connectivity index (χ1n) is 9.63. The quantitative estimate of drug-likeness (QED) is 0.611. The summed E-state index contributed by atoms with van der Waals surface area (Å²) in [6, 6.07) is 7.07. The van der Waals surface area contributed by atoms with E-state index in [0.29, 0.717) is 41.3 Å². The van der Waals surface area contributed by atoms with Crippen molar-refractivity contribution >= 4 is 34.1 Å². The van der Waals surface area contributed by atoms with Gasteiger partial charge in [0.1, 0.15) is 5.52 Å². The van der Waals surface area contributed by atoms with Crippen LogP contribution in [0.15, 0.2) is 30.5 Å². The van der Waals surface area contributed by atoms with Crippen molar-refractivity contribution in [3.05, 3.63) is 52.4 Å². The molecule has 1 saturated heterocycles. The zero-order chi connectivity index (χ0) is 21.5. The molecule has 30 heavy (non-hydrogen) atoms. The maximum atomic E-state index is 13.4. The Morgan fingerprint density at radius 3 is 2.83 bits per heavy atom. The average molecular weight is 434 g/mol. The molecule has 9 heteroatoms. The fourth-order valence-electron chi connectivity index (χ4n) is 3.65. The van der Waals surface area contributed by atoms with Crippen molar-refractivity contribution in [3.63, 3.8) is 0 Å². The summed E-state index contributed by atoms with van der Waals surface area (Å²) in [5.74, 6) is -0.357. The molecule has 4 rings (SSSR count). The van der Waals surface area contributed by atoms with Gasteiger partial charge in [-0.3, -0.25) is 9.88 Å². The summed E-state index contributed by atoms with van der Waals surface area (Å²) in [5.41, 5.74) is 2.31. The maximum Gasteiger partial charge on any atom is 0.297 e. The third-order valence-corrected chi connectivity index (χ3v) is 5.67. The minimum Gasteiger partial charge on any atom is -0.389 e. The van der Waals surface area contributed by atoms with Crippen LogP contribution >= 0.6 is 11.6 Å². The number of rotatable bonds is 5. The van der Waals surface area contributed by atoms with Crippen molar-refractivity contribution in [2.24, 2.45) is 0 Å². The Morgan fingerprint density at radius 2 is 2.13 bits per heavy atom. The Bertz CT molecular complexity index is 1090. The van der Waals surface area contributed by atoms with E-state index in [1.807, 2.05) is 13.8 Å². The Morgan fingerprint density at radius 1 is 1.33 bits per heavy atom. The number of β-amino-alcohol motifs (C(OH)–C–C–N with tert-alkyl or cyclic N) is 1. The summed E-state index contributed by atoms with van der Waals surface area (Å²) in [5, 5.41) is 13.8. The molecule has 3 aromatic rings. The van der Waals surface area contributed by atoms with Crippen LogP contribution in [0.1, 0.15) is 36.7 Å². The number of nitrogens with zero attached hydrogens (tertiary/aromatic N) is 4. The Kier molecular flexibility index (Phi) is 5.57. The molecule has 3 heterocycles. The van der Waals surface area contributed by atoms with Crippen molar-refractivity contribution < 1.29 is 13.9 Å². The average Bonchev–Trinajstić information content (AvgIpc) is 3.03. The number of hydrogen-bond donors (Lipinski definition) is 2. The van der Waals surface area contributed by atoms with Crippen LogP contribution in [0.3, 0.4) is 0 Å². The fraction of sp³-hybridized carbons (Fsp3) is 0.381. The standard InChI is InChI=1S/C21H22ClF2N5O/c1-12-14(22)4-3-5-15(12)26-19-17-16(27-20(28-19)18(23)24)8-13(9-25-17)10-29-7-6-21(2,30)11-29/h3-5,8-9,18,30H,6-7,10-11H2,1-2H3,(H,26,27,28)/t21-/m1/s1.